The maximum atomic E-state index is 13.8. The average molecular weight is 398 g/mol. The lowest BCUT2D eigenvalue weighted by molar-refractivity contribution is -0.120. The number of halogens is 1. The van der Waals surface area contributed by atoms with Crippen molar-refractivity contribution < 1.29 is 9.18 Å². The maximum Gasteiger partial charge on any atom is 0.187 e. The van der Waals surface area contributed by atoms with Crippen LogP contribution in [0.5, 0.6) is 0 Å². The number of pyridine rings is 1. The molecule has 0 saturated heterocycles. The van der Waals surface area contributed by atoms with Crippen LogP contribution in [0.1, 0.15) is 49.1 Å². The maximum absolute atomic E-state index is 13.8. The predicted molar refractivity (Wildman–Crippen MR) is 115 cm³/mol. The Bertz CT molecular complexity index is 1150. The van der Waals surface area contributed by atoms with Crippen molar-refractivity contribution in [3.8, 4) is 0 Å². The minimum absolute atomic E-state index is 0.172. The molecule has 2 aromatic carbocycles. The topological polar surface area (TPSA) is 34.3 Å². The van der Waals surface area contributed by atoms with Gasteiger partial charge in [-0.2, -0.15) is 0 Å². The molecular weight excluding hydrogens is 375 g/mol. The Morgan fingerprint density at radius 3 is 2.63 bits per heavy atom. The first kappa shape index (κ1) is 18.9. The van der Waals surface area contributed by atoms with E-state index < -0.39 is 0 Å². The molecule has 0 radical (unpaired) electrons. The van der Waals surface area contributed by atoms with Gasteiger partial charge in [-0.05, 0) is 78.8 Å². The Labute approximate surface area is 175 Å². The van der Waals surface area contributed by atoms with E-state index in [9.17, 15) is 9.18 Å². The van der Waals surface area contributed by atoms with Gasteiger partial charge in [0, 0.05) is 23.9 Å². The molecule has 0 unspecified atom stereocenters. The third kappa shape index (κ3) is 3.39. The van der Waals surface area contributed by atoms with Gasteiger partial charge in [-0.15, -0.1) is 0 Å². The summed E-state index contributed by atoms with van der Waals surface area (Å²) in [5, 5.41) is 0.921. The van der Waals surface area contributed by atoms with Crippen LogP contribution >= 0.6 is 0 Å². The van der Waals surface area contributed by atoms with E-state index in [2.05, 4.69) is 9.83 Å². The predicted octanol–water partition coefficient (Wildman–Crippen LogP) is 6.40. The lowest BCUT2D eigenvalue weighted by Gasteiger charge is -2.30. The molecule has 1 atom stereocenters. The number of rotatable bonds is 4. The van der Waals surface area contributed by atoms with E-state index in [0.717, 1.165) is 48.6 Å². The first-order valence-corrected chi connectivity index (χ1v) is 10.6. The summed E-state index contributed by atoms with van der Waals surface area (Å²) in [7, 11) is 0. The third-order valence-corrected chi connectivity index (χ3v) is 7.18. The van der Waals surface area contributed by atoms with Crippen molar-refractivity contribution in [1.82, 2.24) is 4.98 Å². The van der Waals surface area contributed by atoms with Crippen LogP contribution in [0.15, 0.2) is 54.7 Å². The standard InChI is InChI=1S/C26H23FN2O/c1-28-20-5-2-17(3-6-20)14-25(30)23-16-26(23)11-8-18(9-12-26)21-10-13-29-24-7-4-19(27)15-22(21)24/h2-7,10,13,15,18,23H,8-9,11-12,14,16H2/t18?,23-,26?/m1/s1. The van der Waals surface area contributed by atoms with Gasteiger partial charge in [0.1, 0.15) is 11.6 Å². The summed E-state index contributed by atoms with van der Waals surface area (Å²) < 4.78 is 13.8. The molecule has 1 heterocycles. The molecule has 2 saturated carbocycles. The van der Waals surface area contributed by atoms with Crippen molar-refractivity contribution in [3.63, 3.8) is 0 Å². The lowest BCUT2D eigenvalue weighted by Crippen LogP contribution is -2.20. The molecule has 2 fully saturated rings. The summed E-state index contributed by atoms with van der Waals surface area (Å²) >= 11 is 0. The van der Waals surface area contributed by atoms with Crippen molar-refractivity contribution >= 4 is 22.4 Å². The number of Topliss-reactive ketones (excluding diaryl/α,β-unsaturated/α-hetero) is 1. The number of nitrogens with zero attached hydrogens (tertiary/aromatic N) is 2. The molecule has 3 aromatic rings. The molecule has 0 amide bonds. The van der Waals surface area contributed by atoms with Gasteiger partial charge < -0.3 is 0 Å². The molecule has 1 spiro atoms. The van der Waals surface area contributed by atoms with Gasteiger partial charge in [0.25, 0.3) is 0 Å². The second-order valence-electron chi connectivity index (χ2n) is 8.88. The SMILES string of the molecule is [C-]#[N+]c1ccc(CC(=O)[C@H]2CC23CCC(c2ccnc4ccc(F)cc24)CC3)cc1. The molecule has 150 valence electrons. The zero-order chi connectivity index (χ0) is 20.7. The Balaban J connectivity index is 1.25. The number of carbonyl (C=O) groups is 1. The Kier molecular flexibility index (Phi) is 4.62. The summed E-state index contributed by atoms with van der Waals surface area (Å²) in [6.45, 7) is 7.03. The average Bonchev–Trinajstić information content (AvgIpc) is 3.48. The molecule has 5 rings (SSSR count). The van der Waals surface area contributed by atoms with E-state index in [0.29, 0.717) is 23.8 Å². The molecule has 4 heteroatoms. The number of aromatic nitrogens is 1. The zero-order valence-electron chi connectivity index (χ0n) is 16.8. The van der Waals surface area contributed by atoms with Crippen LogP contribution in [-0.2, 0) is 11.2 Å². The van der Waals surface area contributed by atoms with Crippen molar-refractivity contribution in [2.75, 3.05) is 0 Å². The molecule has 0 bridgehead atoms. The Morgan fingerprint density at radius 1 is 1.13 bits per heavy atom. The lowest BCUT2D eigenvalue weighted by atomic mass is 9.74. The van der Waals surface area contributed by atoms with Gasteiger partial charge in [0.15, 0.2) is 5.69 Å². The fourth-order valence-electron chi connectivity index (χ4n) is 5.37. The van der Waals surface area contributed by atoms with Crippen LogP contribution in [0, 0.1) is 23.7 Å². The highest BCUT2D eigenvalue weighted by Gasteiger charge is 2.57. The summed E-state index contributed by atoms with van der Waals surface area (Å²) in [5.41, 5.74) is 3.82. The first-order valence-electron chi connectivity index (χ1n) is 10.6. The largest absolute Gasteiger partial charge is 0.299 e. The van der Waals surface area contributed by atoms with Crippen LogP contribution < -0.4 is 0 Å². The number of hydrogen-bond acceptors (Lipinski definition) is 2. The molecule has 0 aliphatic heterocycles. The van der Waals surface area contributed by atoms with Crippen LogP contribution in [0.4, 0.5) is 10.1 Å². The highest BCUT2D eigenvalue weighted by Crippen LogP contribution is 2.63. The van der Waals surface area contributed by atoms with Gasteiger partial charge in [-0.25, -0.2) is 9.24 Å². The molecular formula is C26H23FN2O. The number of carbonyl (C=O) groups excluding carboxylic acids is 1. The Hall–Kier alpha value is -3.06. The van der Waals surface area contributed by atoms with Crippen LogP contribution in [0.2, 0.25) is 0 Å². The quantitative estimate of drug-likeness (QED) is 0.477. The molecule has 3 nitrogen and oxygen atoms in total. The molecule has 0 N–H and O–H groups in total. The molecule has 1 aromatic heterocycles. The number of benzene rings is 2. The van der Waals surface area contributed by atoms with Crippen molar-refractivity contribution in [1.29, 1.82) is 0 Å². The zero-order valence-corrected chi connectivity index (χ0v) is 16.8. The smallest absolute Gasteiger partial charge is 0.187 e. The van der Waals surface area contributed by atoms with E-state index >= 15 is 0 Å². The minimum atomic E-state index is -0.221. The van der Waals surface area contributed by atoms with Gasteiger partial charge >= 0.3 is 0 Å². The van der Waals surface area contributed by atoms with Gasteiger partial charge in [0.05, 0.1) is 12.1 Å². The highest BCUT2D eigenvalue weighted by atomic mass is 19.1. The number of ketones is 1. The fraction of sp³-hybridized carbons (Fsp3) is 0.346. The van der Waals surface area contributed by atoms with Crippen LogP contribution in [0.3, 0.4) is 0 Å². The fourth-order valence-corrected chi connectivity index (χ4v) is 5.37. The first-order chi connectivity index (χ1) is 14.6. The third-order valence-electron chi connectivity index (χ3n) is 7.18. The van der Waals surface area contributed by atoms with E-state index in [-0.39, 0.29) is 17.2 Å². The highest BCUT2D eigenvalue weighted by molar-refractivity contribution is 5.87. The monoisotopic (exact) mass is 398 g/mol. The van der Waals surface area contributed by atoms with Gasteiger partial charge in [-0.1, -0.05) is 24.3 Å². The Morgan fingerprint density at radius 2 is 1.90 bits per heavy atom. The van der Waals surface area contributed by atoms with E-state index in [1.54, 1.807) is 24.3 Å². The number of fused-ring (bicyclic) bond motifs is 1. The van der Waals surface area contributed by atoms with Crippen molar-refractivity contribution in [2.45, 2.75) is 44.4 Å². The molecule has 30 heavy (non-hydrogen) atoms. The van der Waals surface area contributed by atoms with Crippen LogP contribution in [0.25, 0.3) is 15.7 Å². The van der Waals surface area contributed by atoms with Crippen LogP contribution in [-0.4, -0.2) is 10.8 Å². The summed E-state index contributed by atoms with van der Waals surface area (Å²) in [4.78, 5) is 20.6. The second-order valence-corrected chi connectivity index (χ2v) is 8.88. The van der Waals surface area contributed by atoms with E-state index in [1.807, 2.05) is 24.4 Å². The molecule has 2 aliphatic carbocycles. The summed E-state index contributed by atoms with van der Waals surface area (Å²) in [6, 6.07) is 14.2. The van der Waals surface area contributed by atoms with E-state index in [1.165, 1.54) is 11.6 Å². The summed E-state index contributed by atoms with van der Waals surface area (Å²) in [6.07, 6.45) is 7.49. The van der Waals surface area contributed by atoms with Crippen molar-refractivity contribution in [2.24, 2.45) is 11.3 Å². The van der Waals surface area contributed by atoms with Crippen molar-refractivity contribution in [3.05, 3.63) is 83.1 Å². The summed E-state index contributed by atoms with van der Waals surface area (Å²) in [5.74, 6) is 0.688. The van der Waals surface area contributed by atoms with E-state index in [4.69, 9.17) is 6.57 Å². The number of hydrogen-bond donors (Lipinski definition) is 0. The van der Waals surface area contributed by atoms with Gasteiger partial charge in [-0.3, -0.25) is 9.78 Å². The minimum Gasteiger partial charge on any atom is -0.299 e. The molecule has 2 aliphatic rings. The normalized spacial score (nSPS) is 25.2. The van der Waals surface area contributed by atoms with Gasteiger partial charge in [0.2, 0.25) is 0 Å². The second kappa shape index (κ2) is 7.32.